The fourth-order valence-electron chi connectivity index (χ4n) is 0. The average molecular weight is 296 g/mol. The van der Waals surface area contributed by atoms with E-state index in [0.29, 0.717) is 0 Å². The van der Waals surface area contributed by atoms with E-state index < -0.39 is 15.5 Å². The zero-order valence-corrected chi connectivity index (χ0v) is 13.7. The second-order valence-corrected chi connectivity index (χ2v) is 1.57. The predicted octanol–water partition coefficient (Wildman–Crippen LogP) is -7.71. The molecule has 13 heavy (non-hydrogen) atoms. The van der Waals surface area contributed by atoms with Crippen LogP contribution in [0.5, 0.6) is 0 Å². The normalized spacial score (nSPS) is 6.31. The van der Waals surface area contributed by atoms with Gasteiger partial charge in [-0.3, -0.25) is 9.11 Å². The zero-order valence-electron chi connectivity index (χ0n) is 6.64. The van der Waals surface area contributed by atoms with Crippen LogP contribution in [0.2, 0.25) is 0 Å². The first kappa shape index (κ1) is 36.2. The number of hydrogen-bond acceptors (Lipinski definition) is 5. The van der Waals surface area contributed by atoms with Gasteiger partial charge >= 0.3 is 108 Å². The molecule has 4 N–H and O–H groups in total. The topological polar surface area (TPSA) is 172 Å². The summed E-state index contributed by atoms with van der Waals surface area (Å²) in [6.07, 6.45) is 0. The van der Waals surface area contributed by atoms with Gasteiger partial charge in [0.05, 0.1) is 5.09 Å². The Balaban J connectivity index is -0.0000000146. The summed E-state index contributed by atoms with van der Waals surface area (Å²) >= 11 is 0. The Morgan fingerprint density at radius 3 is 1.15 bits per heavy atom. The van der Waals surface area contributed by atoms with Crippen molar-refractivity contribution in [2.45, 2.75) is 0 Å². The van der Waals surface area contributed by atoms with Gasteiger partial charge in [-0.25, -0.2) is 0 Å². The van der Waals surface area contributed by atoms with E-state index >= 15 is 0 Å². The smallest absolute Gasteiger partial charge is 0.412 e. The van der Waals surface area contributed by atoms with E-state index in [4.69, 9.17) is 32.8 Å². The summed E-state index contributed by atoms with van der Waals surface area (Å²) in [6.45, 7) is 0. The van der Waals surface area contributed by atoms with E-state index in [9.17, 15) is 0 Å². The molecule has 0 atom stereocenters. The fourth-order valence-corrected chi connectivity index (χ4v) is 0. The molecule has 0 aromatic heterocycles. The van der Waals surface area contributed by atoms with E-state index in [1.165, 1.54) is 0 Å². The van der Waals surface area contributed by atoms with Crippen molar-refractivity contribution in [3.63, 3.8) is 0 Å². The maximum Gasteiger partial charge on any atom is 2.00 e. The van der Waals surface area contributed by atoms with E-state index in [-0.39, 0.29) is 103 Å². The molecular weight excluding hydrogens is 292 g/mol. The Bertz CT molecular complexity index is 167. The minimum Gasteiger partial charge on any atom is -0.412 e. The molecule has 0 aromatic rings. The minimum absolute atomic E-state index is 0. The summed E-state index contributed by atoms with van der Waals surface area (Å²) in [5.74, 6) is 0. The van der Waals surface area contributed by atoms with Gasteiger partial charge in [-0.1, -0.05) is 0 Å². The molecule has 0 rings (SSSR count). The molecule has 0 saturated heterocycles. The van der Waals surface area contributed by atoms with Crippen molar-refractivity contribution in [1.29, 1.82) is 0 Å². The molecular formula is H4FeKNNaO8S+3. The molecule has 0 bridgehead atoms. The molecule has 0 unspecified atom stereocenters. The number of rotatable bonds is 0. The Labute approximate surface area is 149 Å². The molecule has 0 spiro atoms. The van der Waals surface area contributed by atoms with Gasteiger partial charge in [0.25, 0.3) is 0 Å². The van der Waals surface area contributed by atoms with Gasteiger partial charge in [-0.2, -0.15) is 8.42 Å². The van der Waals surface area contributed by atoms with Crippen LogP contribution in [0.15, 0.2) is 0 Å². The monoisotopic (exact) mass is 296 g/mol. The van der Waals surface area contributed by atoms with Crippen molar-refractivity contribution in [3.05, 3.63) is 15.3 Å². The van der Waals surface area contributed by atoms with Gasteiger partial charge < -0.3 is 20.8 Å². The molecule has 0 amide bonds. The van der Waals surface area contributed by atoms with Crippen molar-refractivity contribution < 1.29 is 126 Å². The molecule has 0 aliphatic heterocycles. The van der Waals surface area contributed by atoms with Crippen molar-refractivity contribution in [2.24, 2.45) is 0 Å². The minimum atomic E-state index is -4.67. The first-order valence-corrected chi connectivity index (χ1v) is 2.64. The zero-order chi connectivity index (χ0) is 8.08. The van der Waals surface area contributed by atoms with Crippen LogP contribution >= 0.6 is 0 Å². The maximum absolute atomic E-state index is 8.74. The summed E-state index contributed by atoms with van der Waals surface area (Å²) in [6, 6.07) is 0. The van der Waals surface area contributed by atoms with Crippen LogP contribution in [0.3, 0.4) is 0 Å². The summed E-state index contributed by atoms with van der Waals surface area (Å²) in [5, 5.41) is 14.8. The van der Waals surface area contributed by atoms with E-state index in [0.717, 1.165) is 0 Å². The van der Waals surface area contributed by atoms with Crippen LogP contribution in [0.4, 0.5) is 0 Å². The molecule has 0 aliphatic carbocycles. The van der Waals surface area contributed by atoms with Crippen LogP contribution in [-0.2, 0) is 27.5 Å². The maximum atomic E-state index is 8.74. The fraction of sp³-hybridized carbons (Fsp3) is 0. The predicted molar refractivity (Wildman–Crippen MR) is 28.2 cm³/mol. The molecule has 0 radical (unpaired) electrons. The Hall–Kier alpha value is 2.19. The largest absolute Gasteiger partial charge is 2.00 e. The molecule has 0 heterocycles. The molecule has 70 valence electrons. The van der Waals surface area contributed by atoms with Gasteiger partial charge in [-0.05, 0) is 0 Å². The van der Waals surface area contributed by atoms with Gasteiger partial charge in [0.1, 0.15) is 0 Å². The molecule has 0 aromatic carbocycles. The van der Waals surface area contributed by atoms with Crippen LogP contribution < -0.4 is 80.9 Å². The second-order valence-electron chi connectivity index (χ2n) is 0.671. The summed E-state index contributed by atoms with van der Waals surface area (Å²) in [7, 11) is -4.67. The van der Waals surface area contributed by atoms with E-state index in [2.05, 4.69) is 0 Å². The van der Waals surface area contributed by atoms with Crippen LogP contribution in [0, 0.1) is 15.3 Å². The number of hydrogen-bond donors (Lipinski definition) is 2. The summed E-state index contributed by atoms with van der Waals surface area (Å²) < 4.78 is 31.6. The second kappa shape index (κ2) is 19.7. The standard InChI is InChI=1S/Fe.K.NO3.Na.H2O4S.H2O/c;;2-1(3)4;;1-5(2,3)4;/h;;;;(H2,1,2,3,4);1H2/q+2;+1;-1;+1;;. The van der Waals surface area contributed by atoms with Crippen LogP contribution in [0.25, 0.3) is 0 Å². The Morgan fingerprint density at radius 1 is 1.15 bits per heavy atom. The van der Waals surface area contributed by atoms with Crippen LogP contribution in [-0.4, -0.2) is 28.1 Å². The first-order valence-electron chi connectivity index (χ1n) is 1.25. The first-order chi connectivity index (χ1) is 3.73. The van der Waals surface area contributed by atoms with Crippen molar-refractivity contribution in [2.75, 3.05) is 0 Å². The van der Waals surface area contributed by atoms with Gasteiger partial charge in [0.15, 0.2) is 0 Å². The van der Waals surface area contributed by atoms with Crippen molar-refractivity contribution >= 4 is 10.4 Å². The van der Waals surface area contributed by atoms with E-state index in [1.807, 2.05) is 0 Å². The van der Waals surface area contributed by atoms with E-state index in [1.54, 1.807) is 0 Å². The Morgan fingerprint density at radius 2 is 1.15 bits per heavy atom. The molecule has 0 fully saturated rings. The molecule has 13 heteroatoms. The van der Waals surface area contributed by atoms with Crippen molar-refractivity contribution in [3.8, 4) is 0 Å². The van der Waals surface area contributed by atoms with Crippen molar-refractivity contribution in [1.82, 2.24) is 0 Å². The molecule has 9 nitrogen and oxygen atoms in total. The Kier molecular flexibility index (Phi) is 54.9. The van der Waals surface area contributed by atoms with Gasteiger partial charge in [0.2, 0.25) is 0 Å². The molecule has 0 aliphatic rings. The third-order valence-corrected chi connectivity index (χ3v) is 0. The summed E-state index contributed by atoms with van der Waals surface area (Å²) in [4.78, 5) is 8.25. The summed E-state index contributed by atoms with van der Waals surface area (Å²) in [5.41, 5.74) is 0. The quantitative estimate of drug-likeness (QED) is 0.193. The van der Waals surface area contributed by atoms with Gasteiger partial charge in [-0.15, -0.1) is 0 Å². The third kappa shape index (κ3) is 441. The molecule has 0 saturated carbocycles. The SMILES string of the molecule is O.O=S(=O)(O)O.O=[N+]([O-])[O-].[Fe+2].[K+].[Na+]. The van der Waals surface area contributed by atoms with Crippen LogP contribution in [0.1, 0.15) is 0 Å². The number of nitrogens with zero attached hydrogens (tertiary/aromatic N) is 1. The average Bonchev–Trinajstić information content (AvgIpc) is 1.19. The van der Waals surface area contributed by atoms with Gasteiger partial charge in [0, 0.05) is 0 Å². The third-order valence-electron chi connectivity index (χ3n) is 0.